The van der Waals surface area contributed by atoms with Crippen LogP contribution in [0.25, 0.3) is 5.65 Å². The Labute approximate surface area is 226 Å². The zero-order valence-electron chi connectivity index (χ0n) is 22.6. The number of aromatic nitrogens is 4. The molecule has 4 rings (SSSR count). The Bertz CT molecular complexity index is 1330. The van der Waals surface area contributed by atoms with E-state index in [-0.39, 0.29) is 24.9 Å². The molecule has 1 aliphatic rings. The summed E-state index contributed by atoms with van der Waals surface area (Å²) in [4.78, 5) is 20.4. The number of aliphatic hydroxyl groups excluding tert-OH is 1. The lowest BCUT2D eigenvalue weighted by Crippen LogP contribution is -2.35. The molecule has 0 spiro atoms. The van der Waals surface area contributed by atoms with Gasteiger partial charge >= 0.3 is 13.7 Å². The molecule has 1 saturated heterocycles. The Hall–Kier alpha value is -3.09. The lowest BCUT2D eigenvalue weighted by molar-refractivity contribution is -0.153. The van der Waals surface area contributed by atoms with E-state index in [9.17, 15) is 14.5 Å². The van der Waals surface area contributed by atoms with Crippen LogP contribution in [0, 0.1) is 11.3 Å². The van der Waals surface area contributed by atoms with Crippen LogP contribution in [0.5, 0.6) is 5.75 Å². The third kappa shape index (κ3) is 6.74. The van der Waals surface area contributed by atoms with Crippen LogP contribution in [0.4, 0.5) is 5.82 Å². The number of nitrogen functional groups attached to an aromatic ring is 1. The summed E-state index contributed by atoms with van der Waals surface area (Å²) >= 11 is 0. The van der Waals surface area contributed by atoms with Gasteiger partial charge in [-0.25, -0.2) is 24.1 Å². The molecular weight excluding hydrogens is 527 g/mol. The van der Waals surface area contributed by atoms with Crippen molar-refractivity contribution in [3.05, 3.63) is 48.5 Å². The highest BCUT2D eigenvalue weighted by atomic mass is 31.2. The number of rotatable bonds is 10. The van der Waals surface area contributed by atoms with Gasteiger partial charge in [0.1, 0.15) is 30.9 Å². The van der Waals surface area contributed by atoms with Crippen LogP contribution in [0.2, 0.25) is 0 Å². The van der Waals surface area contributed by atoms with Crippen LogP contribution in [0.1, 0.15) is 46.4 Å². The van der Waals surface area contributed by atoms with Gasteiger partial charge in [0.15, 0.2) is 11.5 Å². The van der Waals surface area contributed by atoms with Crippen LogP contribution in [0.15, 0.2) is 42.9 Å². The number of para-hydroxylation sites is 1. The van der Waals surface area contributed by atoms with Gasteiger partial charge in [-0.15, -0.1) is 0 Å². The van der Waals surface area contributed by atoms with E-state index in [1.54, 1.807) is 64.2 Å². The highest BCUT2D eigenvalue weighted by Gasteiger charge is 2.44. The average molecular weight is 563 g/mol. The third-order valence-corrected chi connectivity index (χ3v) is 7.90. The monoisotopic (exact) mass is 562 g/mol. The number of ether oxygens (including phenoxy) is 2. The molecule has 1 fully saturated rings. The molecule has 1 unspecified atom stereocenters. The summed E-state index contributed by atoms with van der Waals surface area (Å²) in [7, 11) is -4.01. The minimum absolute atomic E-state index is 0.0530. The normalized spacial score (nSPS) is 23.8. The van der Waals surface area contributed by atoms with Crippen molar-refractivity contribution in [2.24, 2.45) is 11.3 Å². The van der Waals surface area contributed by atoms with Crippen LogP contribution in [-0.2, 0) is 23.4 Å². The number of imidazole rings is 1. The summed E-state index contributed by atoms with van der Waals surface area (Å²) in [5, 5.41) is 18.0. The number of benzene rings is 1. The van der Waals surface area contributed by atoms with Crippen molar-refractivity contribution >= 4 is 25.2 Å². The Balaban J connectivity index is 1.46. The van der Waals surface area contributed by atoms with Crippen molar-refractivity contribution in [1.29, 1.82) is 0 Å². The highest BCUT2D eigenvalue weighted by Crippen LogP contribution is 2.47. The van der Waals surface area contributed by atoms with E-state index in [2.05, 4.69) is 20.2 Å². The molecule has 3 heterocycles. The molecule has 6 atom stereocenters. The molecular formula is C25H35N6O7P. The van der Waals surface area contributed by atoms with Crippen LogP contribution in [0.3, 0.4) is 0 Å². The second-order valence-electron chi connectivity index (χ2n) is 10.6. The van der Waals surface area contributed by atoms with E-state index in [1.165, 1.54) is 10.8 Å². The average Bonchev–Trinajstić information content (AvgIpc) is 3.43. The number of nitrogens with two attached hydrogens (primary N) is 1. The lowest BCUT2D eigenvalue weighted by Gasteiger charge is -2.26. The van der Waals surface area contributed by atoms with Crippen LogP contribution in [-0.4, -0.2) is 62.1 Å². The lowest BCUT2D eigenvalue weighted by atomic mass is 9.97. The molecule has 0 bridgehead atoms. The van der Waals surface area contributed by atoms with E-state index in [0.29, 0.717) is 17.1 Å². The van der Waals surface area contributed by atoms with Gasteiger partial charge < -0.3 is 24.8 Å². The van der Waals surface area contributed by atoms with Gasteiger partial charge in [0.05, 0.1) is 30.0 Å². The largest absolute Gasteiger partial charge is 0.464 e. The Morgan fingerprint density at radius 2 is 2.00 bits per heavy atom. The van der Waals surface area contributed by atoms with Gasteiger partial charge in [-0.2, -0.15) is 5.10 Å². The zero-order chi connectivity index (χ0) is 28.4. The van der Waals surface area contributed by atoms with Crippen molar-refractivity contribution in [1.82, 2.24) is 24.7 Å². The number of carbonyl (C=O) groups is 1. The molecule has 1 aromatic carbocycles. The number of esters is 1. The molecule has 0 amide bonds. The first kappa shape index (κ1) is 28.9. The van der Waals surface area contributed by atoms with Crippen molar-refractivity contribution in [2.75, 3.05) is 18.9 Å². The number of hydrogen-bond donors (Lipinski definition) is 3. The van der Waals surface area contributed by atoms with E-state index in [4.69, 9.17) is 24.3 Å². The molecule has 39 heavy (non-hydrogen) atoms. The fraction of sp³-hybridized carbons (Fsp3) is 0.520. The third-order valence-electron chi connectivity index (χ3n) is 6.20. The fourth-order valence-electron chi connectivity index (χ4n) is 4.04. The van der Waals surface area contributed by atoms with Gasteiger partial charge in [0.25, 0.3) is 0 Å². The topological polar surface area (TPSA) is 172 Å². The SMILES string of the molecule is C[C@H]1[C@H](O)[C@@H](COP(=O)(N[C@@H](C)COC(=O)C(C)(C)C)Oc2ccccc2)O[C@H]1c1cnc2c(N)ncnn12. The number of carbonyl (C=O) groups excluding carboxylic acids is 1. The Morgan fingerprint density at radius 1 is 1.28 bits per heavy atom. The second kappa shape index (κ2) is 11.6. The van der Waals surface area contributed by atoms with Gasteiger partial charge in [-0.1, -0.05) is 25.1 Å². The summed E-state index contributed by atoms with van der Waals surface area (Å²) in [5.41, 5.74) is 6.18. The first-order chi connectivity index (χ1) is 18.4. The molecule has 212 valence electrons. The summed E-state index contributed by atoms with van der Waals surface area (Å²) in [6, 6.07) is 7.96. The highest BCUT2D eigenvalue weighted by molar-refractivity contribution is 7.52. The van der Waals surface area contributed by atoms with E-state index >= 15 is 0 Å². The number of anilines is 1. The zero-order valence-corrected chi connectivity index (χ0v) is 23.4. The smallest absolute Gasteiger partial charge is 0.459 e. The minimum Gasteiger partial charge on any atom is -0.464 e. The van der Waals surface area contributed by atoms with Crippen molar-refractivity contribution in [2.45, 2.75) is 59.0 Å². The maximum absolute atomic E-state index is 13.8. The molecule has 14 heteroatoms. The van der Waals surface area contributed by atoms with E-state index < -0.39 is 43.5 Å². The Morgan fingerprint density at radius 3 is 2.69 bits per heavy atom. The summed E-state index contributed by atoms with van der Waals surface area (Å²) in [6.45, 7) is 8.45. The molecule has 0 aliphatic carbocycles. The Kier molecular flexibility index (Phi) is 8.57. The van der Waals surface area contributed by atoms with E-state index in [0.717, 1.165) is 0 Å². The molecule has 4 N–H and O–H groups in total. The maximum atomic E-state index is 13.8. The predicted molar refractivity (Wildman–Crippen MR) is 142 cm³/mol. The van der Waals surface area contributed by atoms with Crippen LogP contribution < -0.4 is 15.3 Å². The molecule has 3 aromatic rings. The number of aliphatic hydroxyl groups is 1. The molecule has 13 nitrogen and oxygen atoms in total. The van der Waals surface area contributed by atoms with Crippen molar-refractivity contribution in [3.8, 4) is 5.75 Å². The first-order valence-electron chi connectivity index (χ1n) is 12.6. The maximum Gasteiger partial charge on any atom is 0.459 e. The quantitative estimate of drug-likeness (QED) is 0.244. The van der Waals surface area contributed by atoms with Gasteiger partial charge in [0.2, 0.25) is 0 Å². The van der Waals surface area contributed by atoms with Gasteiger partial charge in [0, 0.05) is 12.0 Å². The standard InChI is InChI=1S/C25H35N6O7P/c1-15(12-35-24(33)25(3,4)5)30-39(34,38-17-9-7-6-8-10-17)36-13-19-20(32)16(2)21(37-19)18-11-27-23-22(26)28-14-29-31(18)23/h6-11,14-16,19-21,32H,12-13H2,1-5H3,(H,30,34)(H2,26,28,29)/t15-,16-,19+,20-,21+,39?/m0/s1. The van der Waals surface area contributed by atoms with Gasteiger partial charge in [-0.05, 0) is 39.8 Å². The molecule has 1 aliphatic heterocycles. The number of fused-ring (bicyclic) bond motifs is 1. The molecule has 0 radical (unpaired) electrons. The first-order valence-corrected chi connectivity index (χ1v) is 14.1. The molecule has 2 aromatic heterocycles. The summed E-state index contributed by atoms with van der Waals surface area (Å²) < 4.78 is 38.3. The minimum atomic E-state index is -4.01. The second-order valence-corrected chi connectivity index (χ2v) is 12.3. The van der Waals surface area contributed by atoms with Gasteiger partial charge in [-0.3, -0.25) is 9.32 Å². The number of nitrogens with zero attached hydrogens (tertiary/aromatic N) is 4. The number of hydrogen-bond acceptors (Lipinski definition) is 11. The summed E-state index contributed by atoms with van der Waals surface area (Å²) in [5.74, 6) is -0.227. The predicted octanol–water partition coefficient (Wildman–Crippen LogP) is 2.91. The molecule has 0 saturated carbocycles. The van der Waals surface area contributed by atoms with Crippen molar-refractivity contribution < 1.29 is 33.0 Å². The fourth-order valence-corrected chi connectivity index (χ4v) is 5.58. The summed E-state index contributed by atoms with van der Waals surface area (Å²) in [6.07, 6.45) is 0.514. The van der Waals surface area contributed by atoms with Crippen LogP contribution >= 0.6 is 7.75 Å². The number of nitrogens with one attached hydrogen (secondary N) is 1. The van der Waals surface area contributed by atoms with Crippen molar-refractivity contribution in [3.63, 3.8) is 0 Å². The van der Waals surface area contributed by atoms with E-state index in [1.807, 2.05) is 6.92 Å².